The molecule has 9 heteroatoms. The van der Waals surface area contributed by atoms with Crippen molar-refractivity contribution in [1.82, 2.24) is 23.6 Å². The lowest BCUT2D eigenvalue weighted by Gasteiger charge is -2.14. The van der Waals surface area contributed by atoms with E-state index in [0.717, 1.165) is 29.9 Å². The molecule has 0 spiro atoms. The van der Waals surface area contributed by atoms with E-state index >= 15 is 0 Å². The molecule has 35 heavy (non-hydrogen) atoms. The Morgan fingerprint density at radius 3 is 2.51 bits per heavy atom. The second kappa shape index (κ2) is 8.20. The average molecular weight is 487 g/mol. The number of para-hydroxylation sites is 1. The number of nitrogens with zero attached hydrogens (tertiary/aromatic N) is 5. The molecule has 1 N–H and O–H groups in total. The van der Waals surface area contributed by atoms with E-state index in [4.69, 9.17) is 0 Å². The quantitative estimate of drug-likeness (QED) is 0.390. The third kappa shape index (κ3) is 3.67. The first-order valence-corrected chi connectivity index (χ1v) is 13.2. The number of hydrogen-bond donors (Lipinski definition) is 1. The summed E-state index contributed by atoms with van der Waals surface area (Å²) >= 11 is 0. The van der Waals surface area contributed by atoms with Gasteiger partial charge in [-0.3, -0.25) is 4.40 Å². The van der Waals surface area contributed by atoms with Crippen LogP contribution in [0.4, 0.5) is 5.69 Å². The molecule has 1 fully saturated rings. The molecular formula is C26H26N6O2S. The van der Waals surface area contributed by atoms with E-state index in [1.807, 2.05) is 29.5 Å². The smallest absolute Gasteiger partial charge is 0.269 e. The number of hydrogen-bond acceptors (Lipinski definition) is 6. The summed E-state index contributed by atoms with van der Waals surface area (Å²) in [5.41, 5.74) is 3.78. The highest BCUT2D eigenvalue weighted by Crippen LogP contribution is 2.40. The van der Waals surface area contributed by atoms with Crippen molar-refractivity contribution in [2.75, 3.05) is 5.32 Å². The molecule has 178 valence electrons. The Balaban J connectivity index is 1.39. The summed E-state index contributed by atoms with van der Waals surface area (Å²) in [6.07, 6.45) is 5.10. The van der Waals surface area contributed by atoms with Crippen LogP contribution in [0.25, 0.3) is 16.8 Å². The van der Waals surface area contributed by atoms with Crippen LogP contribution in [0.2, 0.25) is 0 Å². The first kappa shape index (κ1) is 21.8. The van der Waals surface area contributed by atoms with Crippen LogP contribution in [-0.2, 0) is 10.0 Å². The number of rotatable bonds is 5. The van der Waals surface area contributed by atoms with Gasteiger partial charge in [0, 0.05) is 23.8 Å². The third-order valence-electron chi connectivity index (χ3n) is 7.00. The zero-order valence-electron chi connectivity index (χ0n) is 19.5. The standard InChI is InChI=1S/C26H26N6O2S/c1-17-8-10-21(11-9-17)35(33,34)31-13-12-23-26(31)27-16-24-29-30-25(32(23)24)22-15-20(14-18(22)2)28-19-6-4-3-5-7-19/h3-13,16,18,20,22,28H,14-15H2,1-2H3/t18-,20+,22+/m1/s1. The molecule has 3 heterocycles. The summed E-state index contributed by atoms with van der Waals surface area (Å²) in [7, 11) is -3.79. The highest BCUT2D eigenvalue weighted by Gasteiger charge is 2.36. The molecule has 0 saturated heterocycles. The van der Waals surface area contributed by atoms with Gasteiger partial charge in [0.25, 0.3) is 10.0 Å². The van der Waals surface area contributed by atoms with Crippen molar-refractivity contribution in [3.05, 3.63) is 84.4 Å². The van der Waals surface area contributed by atoms with Crippen LogP contribution in [-0.4, -0.2) is 38.0 Å². The van der Waals surface area contributed by atoms with Crippen LogP contribution < -0.4 is 5.32 Å². The van der Waals surface area contributed by atoms with Crippen LogP contribution in [0, 0.1) is 12.8 Å². The zero-order valence-corrected chi connectivity index (χ0v) is 20.4. The van der Waals surface area contributed by atoms with E-state index in [1.54, 1.807) is 42.7 Å². The Morgan fingerprint density at radius 2 is 1.74 bits per heavy atom. The van der Waals surface area contributed by atoms with E-state index in [0.29, 0.717) is 28.8 Å². The van der Waals surface area contributed by atoms with E-state index in [2.05, 4.69) is 39.6 Å². The third-order valence-corrected chi connectivity index (χ3v) is 8.68. The fourth-order valence-electron chi connectivity index (χ4n) is 5.21. The fourth-order valence-corrected chi connectivity index (χ4v) is 6.50. The average Bonchev–Trinajstić information content (AvgIpc) is 3.56. The van der Waals surface area contributed by atoms with Crippen molar-refractivity contribution < 1.29 is 8.42 Å². The Labute approximate surface area is 203 Å². The van der Waals surface area contributed by atoms with Gasteiger partial charge in [-0.1, -0.05) is 42.8 Å². The minimum Gasteiger partial charge on any atom is -0.382 e. The van der Waals surface area contributed by atoms with E-state index in [9.17, 15) is 8.42 Å². The molecule has 3 atom stereocenters. The molecule has 6 rings (SSSR count). The lowest BCUT2D eigenvalue weighted by atomic mass is 9.97. The summed E-state index contributed by atoms with van der Waals surface area (Å²) in [6, 6.07) is 19.2. The van der Waals surface area contributed by atoms with Crippen molar-refractivity contribution >= 4 is 32.5 Å². The Hall–Kier alpha value is -3.72. The summed E-state index contributed by atoms with van der Waals surface area (Å²) in [6.45, 7) is 4.17. The normalized spacial score (nSPS) is 20.6. The van der Waals surface area contributed by atoms with Gasteiger partial charge in [-0.05, 0) is 56.0 Å². The van der Waals surface area contributed by atoms with Crippen LogP contribution in [0.15, 0.2) is 78.0 Å². The van der Waals surface area contributed by atoms with Gasteiger partial charge in [0.05, 0.1) is 16.6 Å². The molecule has 3 aromatic heterocycles. The number of aromatic nitrogens is 5. The molecule has 0 bridgehead atoms. The molecule has 0 amide bonds. The van der Waals surface area contributed by atoms with Gasteiger partial charge >= 0.3 is 0 Å². The van der Waals surface area contributed by atoms with Crippen LogP contribution in [0.1, 0.15) is 37.1 Å². The van der Waals surface area contributed by atoms with Crippen molar-refractivity contribution in [2.45, 2.75) is 43.5 Å². The minimum atomic E-state index is -3.79. The maximum atomic E-state index is 13.4. The number of fused-ring (bicyclic) bond motifs is 3. The zero-order chi connectivity index (χ0) is 24.2. The second-order valence-electron chi connectivity index (χ2n) is 9.41. The highest BCUT2D eigenvalue weighted by molar-refractivity contribution is 7.90. The van der Waals surface area contributed by atoms with Gasteiger partial charge in [-0.2, -0.15) is 0 Å². The second-order valence-corrected chi connectivity index (χ2v) is 11.2. The molecule has 8 nitrogen and oxygen atoms in total. The lowest BCUT2D eigenvalue weighted by molar-refractivity contribution is 0.507. The largest absolute Gasteiger partial charge is 0.382 e. The first-order valence-electron chi connectivity index (χ1n) is 11.8. The molecule has 5 aromatic rings. The van der Waals surface area contributed by atoms with Crippen LogP contribution >= 0.6 is 0 Å². The number of anilines is 1. The topological polar surface area (TPSA) is 94.2 Å². The van der Waals surface area contributed by atoms with Crippen molar-refractivity contribution in [2.24, 2.45) is 5.92 Å². The first-order chi connectivity index (χ1) is 16.9. The van der Waals surface area contributed by atoms with Gasteiger partial charge in [0.15, 0.2) is 11.3 Å². The Bertz CT molecular complexity index is 1620. The van der Waals surface area contributed by atoms with Crippen molar-refractivity contribution in [3.8, 4) is 0 Å². The maximum absolute atomic E-state index is 13.4. The summed E-state index contributed by atoms with van der Waals surface area (Å²) < 4.78 is 30.0. The monoisotopic (exact) mass is 486 g/mol. The van der Waals surface area contributed by atoms with E-state index in [1.165, 1.54) is 3.97 Å². The van der Waals surface area contributed by atoms with Gasteiger partial charge in [-0.25, -0.2) is 17.4 Å². The molecular weight excluding hydrogens is 460 g/mol. The van der Waals surface area contributed by atoms with Gasteiger partial charge in [-0.15, -0.1) is 10.2 Å². The van der Waals surface area contributed by atoms with Gasteiger partial charge in [0.1, 0.15) is 5.82 Å². The highest BCUT2D eigenvalue weighted by atomic mass is 32.2. The summed E-state index contributed by atoms with van der Waals surface area (Å²) in [4.78, 5) is 4.68. The van der Waals surface area contributed by atoms with E-state index < -0.39 is 10.0 Å². The Morgan fingerprint density at radius 1 is 0.971 bits per heavy atom. The predicted octanol–water partition coefficient (Wildman–Crippen LogP) is 4.62. The summed E-state index contributed by atoms with van der Waals surface area (Å²) in [5.74, 6) is 1.43. The lowest BCUT2D eigenvalue weighted by Crippen LogP contribution is -2.15. The summed E-state index contributed by atoms with van der Waals surface area (Å²) in [5, 5.41) is 12.6. The predicted molar refractivity (Wildman–Crippen MR) is 135 cm³/mol. The molecule has 2 aromatic carbocycles. The van der Waals surface area contributed by atoms with Crippen LogP contribution in [0.5, 0.6) is 0 Å². The number of aryl methyl sites for hydroxylation is 1. The fraction of sp³-hybridized carbons (Fsp3) is 0.269. The molecule has 1 aliphatic rings. The minimum absolute atomic E-state index is 0.189. The number of benzene rings is 2. The van der Waals surface area contributed by atoms with Crippen LogP contribution in [0.3, 0.4) is 0 Å². The number of nitrogens with one attached hydrogen (secondary N) is 1. The molecule has 1 saturated carbocycles. The molecule has 0 radical (unpaired) electrons. The van der Waals surface area contributed by atoms with Gasteiger partial charge in [0.2, 0.25) is 0 Å². The van der Waals surface area contributed by atoms with E-state index in [-0.39, 0.29) is 10.8 Å². The Kier molecular flexibility index (Phi) is 5.10. The molecule has 1 aliphatic carbocycles. The van der Waals surface area contributed by atoms with Crippen molar-refractivity contribution in [3.63, 3.8) is 0 Å². The van der Waals surface area contributed by atoms with Crippen molar-refractivity contribution in [1.29, 1.82) is 0 Å². The molecule has 0 aliphatic heterocycles. The molecule has 0 unspecified atom stereocenters. The van der Waals surface area contributed by atoms with Gasteiger partial charge < -0.3 is 5.32 Å². The SMILES string of the molecule is Cc1ccc(S(=O)(=O)n2ccc3c2ncc2nnc([C@H]4C[C@@H](Nc5ccccc5)C[C@H]4C)n23)cc1. The maximum Gasteiger partial charge on any atom is 0.269 e.